The van der Waals surface area contributed by atoms with Crippen LogP contribution in [0.15, 0.2) is 24.3 Å². The number of rotatable bonds is 4. The van der Waals surface area contributed by atoms with Crippen LogP contribution in [-0.4, -0.2) is 40.7 Å². The van der Waals surface area contributed by atoms with Gasteiger partial charge in [0.1, 0.15) is 5.82 Å². The lowest BCUT2D eigenvalue weighted by atomic mass is 10.2. The first-order valence-corrected chi connectivity index (χ1v) is 5.96. The van der Waals surface area contributed by atoms with E-state index >= 15 is 0 Å². The Balaban J connectivity index is 2.67. The summed E-state index contributed by atoms with van der Waals surface area (Å²) in [5.74, 6) is -0.938. The predicted octanol–water partition coefficient (Wildman–Crippen LogP) is 1.15. The molecule has 0 atom stereocenters. The fourth-order valence-corrected chi connectivity index (χ4v) is 1.72. The second kappa shape index (κ2) is 7.03. The summed E-state index contributed by atoms with van der Waals surface area (Å²) in [5.41, 5.74) is 0.206. The minimum atomic E-state index is -0.476. The van der Waals surface area contributed by atoms with Crippen LogP contribution in [0.25, 0.3) is 0 Å². The highest BCUT2D eigenvalue weighted by Crippen LogP contribution is 2.03. The number of aliphatic hydroxyl groups excluding tert-OH is 1. The molecule has 1 rings (SSSR count). The number of likely N-dealkylation sites (N-methyl/N-ethyl adjacent to an activating group) is 1. The molecule has 1 amide bonds. The van der Waals surface area contributed by atoms with Crippen molar-refractivity contribution >= 4 is 23.2 Å². The van der Waals surface area contributed by atoms with Crippen molar-refractivity contribution in [2.75, 3.05) is 19.7 Å². The van der Waals surface area contributed by atoms with Crippen molar-refractivity contribution < 1.29 is 14.3 Å². The van der Waals surface area contributed by atoms with E-state index in [1.807, 2.05) is 6.92 Å². The van der Waals surface area contributed by atoms with Crippen LogP contribution in [0.1, 0.15) is 17.3 Å². The smallest absolute Gasteiger partial charge is 0.257 e. The van der Waals surface area contributed by atoms with Crippen LogP contribution >= 0.6 is 12.2 Å². The molecule has 0 bridgehead atoms. The van der Waals surface area contributed by atoms with Gasteiger partial charge in [-0.3, -0.25) is 10.1 Å². The summed E-state index contributed by atoms with van der Waals surface area (Å²) in [4.78, 5) is 13.4. The van der Waals surface area contributed by atoms with Crippen molar-refractivity contribution in [1.29, 1.82) is 0 Å². The van der Waals surface area contributed by atoms with Crippen LogP contribution in [0.3, 0.4) is 0 Å². The standard InChI is InChI=1S/C12H15FN2O2S/c1-2-15(6-7-16)12(18)14-11(17)9-4-3-5-10(13)8-9/h3-5,8,16H,2,6-7H2,1H3,(H,14,17,18). The first-order valence-electron chi connectivity index (χ1n) is 5.55. The van der Waals surface area contributed by atoms with E-state index in [4.69, 9.17) is 17.3 Å². The van der Waals surface area contributed by atoms with Crippen LogP contribution < -0.4 is 5.32 Å². The number of halogens is 1. The molecule has 0 heterocycles. The Hall–Kier alpha value is -1.53. The van der Waals surface area contributed by atoms with E-state index in [1.54, 1.807) is 4.90 Å². The molecule has 18 heavy (non-hydrogen) atoms. The highest BCUT2D eigenvalue weighted by atomic mass is 32.1. The number of benzene rings is 1. The van der Waals surface area contributed by atoms with Crippen LogP contribution in [0, 0.1) is 5.82 Å². The van der Waals surface area contributed by atoms with Crippen LogP contribution in [0.2, 0.25) is 0 Å². The van der Waals surface area contributed by atoms with Gasteiger partial charge >= 0.3 is 0 Å². The minimum Gasteiger partial charge on any atom is -0.395 e. The molecule has 1 aromatic carbocycles. The molecule has 0 saturated heterocycles. The van der Waals surface area contributed by atoms with Gasteiger partial charge in [0.2, 0.25) is 0 Å². The molecular weight excluding hydrogens is 255 g/mol. The number of hydrogen-bond donors (Lipinski definition) is 2. The van der Waals surface area contributed by atoms with E-state index in [-0.39, 0.29) is 17.3 Å². The fraction of sp³-hybridized carbons (Fsp3) is 0.333. The molecule has 0 aromatic heterocycles. The van der Waals surface area contributed by atoms with Gasteiger partial charge in [0.05, 0.1) is 6.61 Å². The van der Waals surface area contributed by atoms with Crippen molar-refractivity contribution in [3.8, 4) is 0 Å². The summed E-state index contributed by atoms with van der Waals surface area (Å²) >= 11 is 5.04. The Bertz CT molecular complexity index is 440. The Morgan fingerprint density at radius 3 is 2.83 bits per heavy atom. The molecule has 0 aliphatic carbocycles. The summed E-state index contributed by atoms with van der Waals surface area (Å²) < 4.78 is 13.0. The van der Waals surface area contributed by atoms with Crippen LogP contribution in [0.5, 0.6) is 0 Å². The molecule has 1 aromatic rings. The average molecular weight is 270 g/mol. The van der Waals surface area contributed by atoms with Crippen molar-refractivity contribution in [1.82, 2.24) is 10.2 Å². The van der Waals surface area contributed by atoms with Gasteiger partial charge in [-0.15, -0.1) is 0 Å². The number of carbonyl (C=O) groups excluding carboxylic acids is 1. The van der Waals surface area contributed by atoms with Crippen molar-refractivity contribution in [3.63, 3.8) is 0 Å². The molecule has 0 saturated carbocycles. The van der Waals surface area contributed by atoms with Crippen LogP contribution in [-0.2, 0) is 0 Å². The Labute approximate surface area is 110 Å². The van der Waals surface area contributed by atoms with Gasteiger partial charge in [-0.1, -0.05) is 6.07 Å². The number of nitrogens with zero attached hydrogens (tertiary/aromatic N) is 1. The van der Waals surface area contributed by atoms with E-state index in [2.05, 4.69) is 5.32 Å². The molecule has 6 heteroatoms. The van der Waals surface area contributed by atoms with Crippen molar-refractivity contribution in [3.05, 3.63) is 35.6 Å². The number of thiocarbonyl (C=S) groups is 1. The van der Waals surface area contributed by atoms with Gasteiger partial charge in [-0.2, -0.15) is 0 Å². The largest absolute Gasteiger partial charge is 0.395 e. The average Bonchev–Trinajstić information content (AvgIpc) is 2.35. The molecule has 4 nitrogen and oxygen atoms in total. The normalized spacial score (nSPS) is 9.94. The van der Waals surface area contributed by atoms with E-state index in [0.717, 1.165) is 6.07 Å². The van der Waals surface area contributed by atoms with Crippen molar-refractivity contribution in [2.24, 2.45) is 0 Å². The molecular formula is C12H15FN2O2S. The summed E-state index contributed by atoms with van der Waals surface area (Å²) in [6, 6.07) is 5.36. The van der Waals surface area contributed by atoms with E-state index in [1.165, 1.54) is 18.2 Å². The maximum absolute atomic E-state index is 13.0. The zero-order chi connectivity index (χ0) is 13.5. The van der Waals surface area contributed by atoms with E-state index in [0.29, 0.717) is 13.1 Å². The quantitative estimate of drug-likeness (QED) is 0.806. The molecule has 0 unspecified atom stereocenters. The highest BCUT2D eigenvalue weighted by Gasteiger charge is 2.12. The Kier molecular flexibility index (Phi) is 5.67. The third-order valence-electron chi connectivity index (χ3n) is 2.35. The first-order chi connectivity index (χ1) is 8.58. The second-order valence-corrected chi connectivity index (χ2v) is 3.96. The maximum atomic E-state index is 13.0. The summed E-state index contributed by atoms with van der Waals surface area (Å²) in [5, 5.41) is 11.6. The maximum Gasteiger partial charge on any atom is 0.257 e. The topological polar surface area (TPSA) is 52.6 Å². The fourth-order valence-electron chi connectivity index (χ4n) is 1.40. The summed E-state index contributed by atoms with van der Waals surface area (Å²) in [7, 11) is 0. The number of nitrogens with one attached hydrogen (secondary N) is 1. The number of amides is 1. The summed E-state index contributed by atoms with van der Waals surface area (Å²) in [6.07, 6.45) is 0. The lowest BCUT2D eigenvalue weighted by Crippen LogP contribution is -2.43. The zero-order valence-corrected chi connectivity index (χ0v) is 10.8. The lowest BCUT2D eigenvalue weighted by Gasteiger charge is -2.22. The molecule has 0 spiro atoms. The molecule has 0 aliphatic heterocycles. The van der Waals surface area contributed by atoms with Crippen LogP contribution in [0.4, 0.5) is 4.39 Å². The number of carbonyl (C=O) groups is 1. The van der Waals surface area contributed by atoms with Gasteiger partial charge < -0.3 is 10.0 Å². The molecule has 0 radical (unpaired) electrons. The number of hydrogen-bond acceptors (Lipinski definition) is 3. The molecule has 0 fully saturated rings. The third kappa shape index (κ3) is 4.05. The number of aliphatic hydroxyl groups is 1. The minimum absolute atomic E-state index is 0.0518. The summed E-state index contributed by atoms with van der Waals surface area (Å²) in [6.45, 7) is 2.72. The van der Waals surface area contributed by atoms with Gasteiger partial charge in [-0.05, 0) is 37.3 Å². The predicted molar refractivity (Wildman–Crippen MR) is 70.8 cm³/mol. The van der Waals surface area contributed by atoms with Gasteiger partial charge in [-0.25, -0.2) is 4.39 Å². The Morgan fingerprint density at radius 1 is 1.56 bits per heavy atom. The van der Waals surface area contributed by atoms with E-state index < -0.39 is 11.7 Å². The molecule has 0 aliphatic rings. The SMILES string of the molecule is CCN(CCO)C(=S)NC(=O)c1cccc(F)c1. The highest BCUT2D eigenvalue weighted by molar-refractivity contribution is 7.80. The van der Waals surface area contributed by atoms with E-state index in [9.17, 15) is 9.18 Å². The Morgan fingerprint density at radius 2 is 2.28 bits per heavy atom. The monoisotopic (exact) mass is 270 g/mol. The first kappa shape index (κ1) is 14.5. The van der Waals surface area contributed by atoms with Gasteiger partial charge in [0.15, 0.2) is 5.11 Å². The lowest BCUT2D eigenvalue weighted by molar-refractivity contribution is 0.0972. The van der Waals surface area contributed by atoms with Gasteiger partial charge in [0.25, 0.3) is 5.91 Å². The second-order valence-electron chi connectivity index (χ2n) is 3.57. The molecule has 98 valence electrons. The third-order valence-corrected chi connectivity index (χ3v) is 2.71. The van der Waals surface area contributed by atoms with Crippen molar-refractivity contribution in [2.45, 2.75) is 6.92 Å². The zero-order valence-electron chi connectivity index (χ0n) is 10.0. The van der Waals surface area contributed by atoms with Gasteiger partial charge in [0, 0.05) is 18.7 Å². The molecule has 2 N–H and O–H groups in total.